The number of halogens is 1. The van der Waals surface area contributed by atoms with Crippen LogP contribution in [0.15, 0.2) is 30.3 Å². The zero-order valence-electron chi connectivity index (χ0n) is 12.2. The Bertz CT molecular complexity index is 586. The first-order valence-corrected chi connectivity index (χ1v) is 8.52. The molecule has 0 unspecified atom stereocenters. The smallest absolute Gasteiger partial charge is 0.138 e. The van der Waals surface area contributed by atoms with Gasteiger partial charge in [0, 0.05) is 50.8 Å². The molecule has 2 aromatic rings. The summed E-state index contributed by atoms with van der Waals surface area (Å²) < 4.78 is 4.55. The lowest BCUT2D eigenvalue weighted by Crippen LogP contribution is -2.47. The lowest BCUT2D eigenvalue weighted by molar-refractivity contribution is 0.0697. The maximum Gasteiger partial charge on any atom is 0.138 e. The van der Waals surface area contributed by atoms with E-state index in [9.17, 15) is 5.11 Å². The standard InChI is InChI=1S/C15H19ClN4OS/c16-15-13(17-18-22-15)10-19-6-8-20(9-7-19)11-14(21)12-4-2-1-3-5-12/h1-5,14,21H,6-11H2/t14-/m1/s1. The molecule has 1 aliphatic heterocycles. The van der Waals surface area contributed by atoms with Crippen molar-refractivity contribution >= 4 is 23.1 Å². The van der Waals surface area contributed by atoms with E-state index in [-0.39, 0.29) is 0 Å². The zero-order valence-corrected chi connectivity index (χ0v) is 13.8. The Morgan fingerprint density at radius 2 is 1.82 bits per heavy atom. The summed E-state index contributed by atoms with van der Waals surface area (Å²) in [6.45, 7) is 5.23. The minimum Gasteiger partial charge on any atom is -0.387 e. The Labute approximate surface area is 139 Å². The summed E-state index contributed by atoms with van der Waals surface area (Å²) in [6, 6.07) is 9.83. The number of aromatic nitrogens is 2. The second kappa shape index (κ2) is 7.48. The third-order valence-electron chi connectivity index (χ3n) is 3.96. The van der Waals surface area contributed by atoms with E-state index in [0.29, 0.717) is 10.9 Å². The van der Waals surface area contributed by atoms with Gasteiger partial charge in [0.1, 0.15) is 10.0 Å². The fraction of sp³-hybridized carbons (Fsp3) is 0.467. The van der Waals surface area contributed by atoms with Crippen LogP contribution in [0, 0.1) is 0 Å². The first kappa shape index (κ1) is 15.8. The fourth-order valence-electron chi connectivity index (χ4n) is 2.66. The lowest BCUT2D eigenvalue weighted by Gasteiger charge is -2.35. The van der Waals surface area contributed by atoms with Crippen LogP contribution in [0.5, 0.6) is 0 Å². The van der Waals surface area contributed by atoms with Crippen molar-refractivity contribution in [3.8, 4) is 0 Å². The molecule has 1 N–H and O–H groups in total. The molecule has 0 spiro atoms. The van der Waals surface area contributed by atoms with Crippen LogP contribution in [0.2, 0.25) is 4.34 Å². The number of hydrogen-bond donors (Lipinski definition) is 1. The maximum atomic E-state index is 10.3. The minimum absolute atomic E-state index is 0.426. The topological polar surface area (TPSA) is 52.5 Å². The van der Waals surface area contributed by atoms with Gasteiger partial charge in [-0.1, -0.05) is 46.4 Å². The Morgan fingerprint density at radius 3 is 2.45 bits per heavy atom. The number of piperazine rings is 1. The van der Waals surface area contributed by atoms with Gasteiger partial charge in [-0.15, -0.1) is 5.10 Å². The molecule has 0 radical (unpaired) electrons. The minimum atomic E-state index is -0.426. The van der Waals surface area contributed by atoms with E-state index < -0.39 is 6.10 Å². The molecule has 0 amide bonds. The van der Waals surface area contributed by atoms with Gasteiger partial charge in [0.2, 0.25) is 0 Å². The Hall–Kier alpha value is -1.05. The largest absolute Gasteiger partial charge is 0.387 e. The van der Waals surface area contributed by atoms with E-state index in [2.05, 4.69) is 19.4 Å². The van der Waals surface area contributed by atoms with Crippen LogP contribution in [0.1, 0.15) is 17.4 Å². The van der Waals surface area contributed by atoms with Crippen LogP contribution in [0.3, 0.4) is 0 Å². The van der Waals surface area contributed by atoms with Crippen molar-refractivity contribution in [1.82, 2.24) is 19.4 Å². The van der Waals surface area contributed by atoms with E-state index in [1.54, 1.807) is 0 Å². The van der Waals surface area contributed by atoms with E-state index in [4.69, 9.17) is 11.6 Å². The Kier molecular flexibility index (Phi) is 5.38. The molecule has 22 heavy (non-hydrogen) atoms. The highest BCUT2D eigenvalue weighted by atomic mass is 35.5. The number of nitrogens with zero attached hydrogens (tertiary/aromatic N) is 4. The Balaban J connectivity index is 1.47. The molecule has 1 fully saturated rings. The summed E-state index contributed by atoms with van der Waals surface area (Å²) in [5, 5.41) is 14.4. The number of hydrogen-bond acceptors (Lipinski definition) is 6. The van der Waals surface area contributed by atoms with E-state index in [0.717, 1.165) is 44.0 Å². The van der Waals surface area contributed by atoms with E-state index in [1.165, 1.54) is 11.5 Å². The highest BCUT2D eigenvalue weighted by molar-refractivity contribution is 7.10. The van der Waals surface area contributed by atoms with Crippen molar-refractivity contribution < 1.29 is 5.11 Å². The monoisotopic (exact) mass is 338 g/mol. The fourth-order valence-corrected chi connectivity index (χ4v) is 3.27. The molecular formula is C15H19ClN4OS. The van der Waals surface area contributed by atoms with Crippen molar-refractivity contribution in [1.29, 1.82) is 0 Å². The Morgan fingerprint density at radius 1 is 1.14 bits per heavy atom. The van der Waals surface area contributed by atoms with E-state index in [1.807, 2.05) is 30.3 Å². The van der Waals surface area contributed by atoms with Gasteiger partial charge in [-0.2, -0.15) is 0 Å². The van der Waals surface area contributed by atoms with Crippen LogP contribution in [-0.4, -0.2) is 57.2 Å². The normalized spacial score (nSPS) is 18.5. The summed E-state index contributed by atoms with van der Waals surface area (Å²) in [5.74, 6) is 0. The molecule has 1 aromatic carbocycles. The second-order valence-electron chi connectivity index (χ2n) is 5.50. The van der Waals surface area contributed by atoms with Gasteiger partial charge < -0.3 is 5.11 Å². The SMILES string of the molecule is O[C@H](CN1CCN(Cc2nnsc2Cl)CC1)c1ccccc1. The third-order valence-corrected chi connectivity index (χ3v) is 4.95. The van der Waals surface area contributed by atoms with E-state index >= 15 is 0 Å². The third kappa shape index (κ3) is 4.02. The molecule has 0 aliphatic carbocycles. The molecule has 118 valence electrons. The summed E-state index contributed by atoms with van der Waals surface area (Å²) in [5.41, 5.74) is 1.84. The lowest BCUT2D eigenvalue weighted by atomic mass is 10.1. The van der Waals surface area contributed by atoms with Crippen molar-refractivity contribution in [3.63, 3.8) is 0 Å². The van der Waals surface area contributed by atoms with Gasteiger partial charge >= 0.3 is 0 Å². The van der Waals surface area contributed by atoms with Crippen molar-refractivity contribution in [2.24, 2.45) is 0 Å². The molecule has 0 bridgehead atoms. The molecule has 0 saturated carbocycles. The van der Waals surface area contributed by atoms with Crippen molar-refractivity contribution in [2.75, 3.05) is 32.7 Å². The van der Waals surface area contributed by atoms with Crippen LogP contribution in [-0.2, 0) is 6.54 Å². The summed E-state index contributed by atoms with van der Waals surface area (Å²) >= 11 is 7.28. The molecule has 5 nitrogen and oxygen atoms in total. The molecule has 3 rings (SSSR count). The first-order chi connectivity index (χ1) is 10.7. The molecule has 1 atom stereocenters. The predicted octanol–water partition coefficient (Wildman–Crippen LogP) is 2.04. The molecule has 1 aliphatic rings. The van der Waals surface area contributed by atoms with Gasteiger partial charge in [0.15, 0.2) is 0 Å². The second-order valence-corrected chi connectivity index (χ2v) is 6.85. The first-order valence-electron chi connectivity index (χ1n) is 7.37. The summed E-state index contributed by atoms with van der Waals surface area (Å²) in [4.78, 5) is 4.63. The number of aliphatic hydroxyl groups is 1. The van der Waals surface area contributed by atoms with Crippen LogP contribution in [0.4, 0.5) is 0 Å². The van der Waals surface area contributed by atoms with Gasteiger partial charge in [0.05, 0.1) is 6.10 Å². The predicted molar refractivity (Wildman–Crippen MR) is 88.0 cm³/mol. The number of β-amino-alcohol motifs (C(OH)–C–C–N with tert-alkyl or cyclic N) is 1. The zero-order chi connectivity index (χ0) is 15.4. The van der Waals surface area contributed by atoms with Crippen molar-refractivity contribution in [2.45, 2.75) is 12.6 Å². The highest BCUT2D eigenvalue weighted by Crippen LogP contribution is 2.20. The number of rotatable bonds is 5. The van der Waals surface area contributed by atoms with Gasteiger partial charge in [-0.05, 0) is 5.56 Å². The summed E-state index contributed by atoms with van der Waals surface area (Å²) in [7, 11) is 0. The molecule has 2 heterocycles. The molecule has 1 saturated heterocycles. The van der Waals surface area contributed by atoms with Crippen LogP contribution in [0.25, 0.3) is 0 Å². The van der Waals surface area contributed by atoms with Gasteiger partial charge in [-0.25, -0.2) is 0 Å². The molecule has 7 heteroatoms. The highest BCUT2D eigenvalue weighted by Gasteiger charge is 2.21. The average molecular weight is 339 g/mol. The molecule has 1 aromatic heterocycles. The molecular weight excluding hydrogens is 320 g/mol. The van der Waals surface area contributed by atoms with Gasteiger partial charge in [-0.3, -0.25) is 9.80 Å². The van der Waals surface area contributed by atoms with Crippen molar-refractivity contribution in [3.05, 3.63) is 45.9 Å². The van der Waals surface area contributed by atoms with Gasteiger partial charge in [0.25, 0.3) is 0 Å². The maximum absolute atomic E-state index is 10.3. The number of benzene rings is 1. The quantitative estimate of drug-likeness (QED) is 0.904. The van der Waals surface area contributed by atoms with Crippen LogP contribution >= 0.6 is 23.1 Å². The summed E-state index contributed by atoms with van der Waals surface area (Å²) in [6.07, 6.45) is -0.426. The van der Waals surface area contributed by atoms with Crippen LogP contribution < -0.4 is 0 Å². The average Bonchev–Trinajstić information content (AvgIpc) is 2.95. The number of aliphatic hydroxyl groups excluding tert-OH is 1.